The second-order valence-corrected chi connectivity index (χ2v) is 7.65. The third-order valence-electron chi connectivity index (χ3n) is 3.99. The standard InChI is InChI=1S/C20H20N2O2S/c1-16-2-10-20(11-3-16)25(23,24)22-19-8-6-17(7-9-19)4-5-18-12-14-21-15-13-18/h2-3,6-15,22H,4-5H2,1H3. The number of benzene rings is 2. The van der Waals surface area contributed by atoms with Crippen molar-refractivity contribution >= 4 is 15.7 Å². The molecule has 4 nitrogen and oxygen atoms in total. The molecule has 0 aliphatic heterocycles. The van der Waals surface area contributed by atoms with E-state index in [-0.39, 0.29) is 4.90 Å². The number of rotatable bonds is 6. The monoisotopic (exact) mass is 352 g/mol. The van der Waals surface area contributed by atoms with Crippen molar-refractivity contribution < 1.29 is 8.42 Å². The van der Waals surface area contributed by atoms with Crippen LogP contribution in [0, 0.1) is 6.92 Å². The normalized spacial score (nSPS) is 11.2. The highest BCUT2D eigenvalue weighted by Crippen LogP contribution is 2.18. The average Bonchev–Trinajstić information content (AvgIpc) is 2.62. The molecule has 0 spiro atoms. The summed E-state index contributed by atoms with van der Waals surface area (Å²) in [5.74, 6) is 0. The number of aryl methyl sites for hydroxylation is 3. The van der Waals surface area contributed by atoms with Gasteiger partial charge in [-0.1, -0.05) is 29.8 Å². The van der Waals surface area contributed by atoms with Crippen LogP contribution < -0.4 is 4.72 Å². The van der Waals surface area contributed by atoms with Crippen molar-refractivity contribution in [2.24, 2.45) is 0 Å². The molecule has 0 bridgehead atoms. The Morgan fingerprint density at radius 2 is 1.36 bits per heavy atom. The zero-order chi connectivity index (χ0) is 17.7. The number of nitrogens with one attached hydrogen (secondary N) is 1. The lowest BCUT2D eigenvalue weighted by Crippen LogP contribution is -2.12. The van der Waals surface area contributed by atoms with Gasteiger partial charge in [-0.25, -0.2) is 8.42 Å². The number of pyridine rings is 1. The number of sulfonamides is 1. The molecule has 1 N–H and O–H groups in total. The Kier molecular flexibility index (Phi) is 5.14. The molecule has 25 heavy (non-hydrogen) atoms. The summed E-state index contributed by atoms with van der Waals surface area (Å²) in [6, 6.07) is 18.3. The fraction of sp³-hybridized carbons (Fsp3) is 0.150. The first-order valence-electron chi connectivity index (χ1n) is 8.10. The van der Waals surface area contributed by atoms with E-state index in [1.807, 2.05) is 31.2 Å². The van der Waals surface area contributed by atoms with Gasteiger partial charge in [-0.2, -0.15) is 0 Å². The fourth-order valence-corrected chi connectivity index (χ4v) is 3.57. The minimum Gasteiger partial charge on any atom is -0.280 e. The van der Waals surface area contributed by atoms with Crippen LogP contribution in [0.25, 0.3) is 0 Å². The molecule has 3 rings (SSSR count). The molecule has 2 aromatic carbocycles. The molecule has 5 heteroatoms. The summed E-state index contributed by atoms with van der Waals surface area (Å²) in [6.45, 7) is 1.93. The molecule has 0 aliphatic carbocycles. The Morgan fingerprint density at radius 3 is 1.96 bits per heavy atom. The Balaban J connectivity index is 1.65. The van der Waals surface area contributed by atoms with E-state index in [1.165, 1.54) is 5.56 Å². The number of nitrogens with zero attached hydrogens (tertiary/aromatic N) is 1. The second-order valence-electron chi connectivity index (χ2n) is 5.97. The highest BCUT2D eigenvalue weighted by Gasteiger charge is 2.13. The molecule has 0 fully saturated rings. The molecule has 0 atom stereocenters. The van der Waals surface area contributed by atoms with E-state index in [9.17, 15) is 8.42 Å². The number of hydrogen-bond donors (Lipinski definition) is 1. The van der Waals surface area contributed by atoms with Crippen molar-refractivity contribution in [3.63, 3.8) is 0 Å². The second kappa shape index (κ2) is 7.49. The Morgan fingerprint density at radius 1 is 0.800 bits per heavy atom. The van der Waals surface area contributed by atoms with Crippen LogP contribution in [0.5, 0.6) is 0 Å². The van der Waals surface area contributed by atoms with Crippen molar-refractivity contribution in [3.8, 4) is 0 Å². The van der Waals surface area contributed by atoms with Crippen molar-refractivity contribution in [1.82, 2.24) is 4.98 Å². The van der Waals surface area contributed by atoms with E-state index in [2.05, 4.69) is 9.71 Å². The summed E-state index contributed by atoms with van der Waals surface area (Å²) < 4.78 is 27.4. The molecule has 0 aliphatic rings. The molecule has 0 saturated carbocycles. The van der Waals surface area contributed by atoms with Crippen LogP contribution in [0.4, 0.5) is 5.69 Å². The largest absolute Gasteiger partial charge is 0.280 e. The summed E-state index contributed by atoms with van der Waals surface area (Å²) in [6.07, 6.45) is 5.41. The summed E-state index contributed by atoms with van der Waals surface area (Å²) in [4.78, 5) is 4.27. The first-order chi connectivity index (χ1) is 12.0. The van der Waals surface area contributed by atoms with Crippen LogP contribution in [0.1, 0.15) is 16.7 Å². The maximum absolute atomic E-state index is 12.4. The zero-order valence-electron chi connectivity index (χ0n) is 14.0. The van der Waals surface area contributed by atoms with Gasteiger partial charge in [0, 0.05) is 18.1 Å². The molecule has 1 heterocycles. The molecule has 128 valence electrons. The summed E-state index contributed by atoms with van der Waals surface area (Å²) in [5.41, 5.74) is 3.99. The van der Waals surface area contributed by atoms with Crippen LogP contribution in [0.3, 0.4) is 0 Å². The highest BCUT2D eigenvalue weighted by atomic mass is 32.2. The molecular weight excluding hydrogens is 332 g/mol. The Hall–Kier alpha value is -2.66. The molecule has 0 saturated heterocycles. The van der Waals surface area contributed by atoms with Crippen molar-refractivity contribution in [2.45, 2.75) is 24.7 Å². The van der Waals surface area contributed by atoms with Crippen molar-refractivity contribution in [3.05, 3.63) is 89.7 Å². The first kappa shape index (κ1) is 17.2. The molecule has 3 aromatic rings. The quantitative estimate of drug-likeness (QED) is 0.730. The van der Waals surface area contributed by atoms with E-state index in [1.54, 1.807) is 48.8 Å². The fourth-order valence-electron chi connectivity index (χ4n) is 2.51. The van der Waals surface area contributed by atoms with Crippen LogP contribution in [0.2, 0.25) is 0 Å². The third kappa shape index (κ3) is 4.67. The summed E-state index contributed by atoms with van der Waals surface area (Å²) >= 11 is 0. The maximum Gasteiger partial charge on any atom is 0.261 e. The molecule has 1 aromatic heterocycles. The predicted octanol–water partition coefficient (Wildman–Crippen LogP) is 3.98. The smallest absolute Gasteiger partial charge is 0.261 e. The van der Waals surface area contributed by atoms with Gasteiger partial charge >= 0.3 is 0 Å². The van der Waals surface area contributed by atoms with Gasteiger partial charge in [-0.15, -0.1) is 0 Å². The van der Waals surface area contributed by atoms with Gasteiger partial charge in [0.25, 0.3) is 10.0 Å². The minimum absolute atomic E-state index is 0.264. The van der Waals surface area contributed by atoms with Crippen LogP contribution in [0.15, 0.2) is 78.0 Å². The number of anilines is 1. The Bertz CT molecular complexity index is 920. The SMILES string of the molecule is Cc1ccc(S(=O)(=O)Nc2ccc(CCc3ccncc3)cc2)cc1. The predicted molar refractivity (Wildman–Crippen MR) is 100 cm³/mol. The first-order valence-corrected chi connectivity index (χ1v) is 9.59. The topological polar surface area (TPSA) is 59.1 Å². The maximum atomic E-state index is 12.4. The van der Waals surface area contributed by atoms with Gasteiger partial charge < -0.3 is 0 Å². The summed E-state index contributed by atoms with van der Waals surface area (Å²) in [7, 11) is -3.56. The van der Waals surface area contributed by atoms with E-state index in [0.29, 0.717) is 5.69 Å². The van der Waals surface area contributed by atoms with Gasteiger partial charge in [-0.3, -0.25) is 9.71 Å². The van der Waals surface area contributed by atoms with Gasteiger partial charge in [0.1, 0.15) is 0 Å². The van der Waals surface area contributed by atoms with E-state index >= 15 is 0 Å². The number of aromatic nitrogens is 1. The van der Waals surface area contributed by atoms with Crippen molar-refractivity contribution in [2.75, 3.05) is 4.72 Å². The lowest BCUT2D eigenvalue weighted by atomic mass is 10.1. The summed E-state index contributed by atoms with van der Waals surface area (Å²) in [5, 5.41) is 0. The van der Waals surface area contributed by atoms with Crippen molar-refractivity contribution in [1.29, 1.82) is 0 Å². The minimum atomic E-state index is -3.56. The van der Waals surface area contributed by atoms with Crippen LogP contribution in [-0.2, 0) is 22.9 Å². The van der Waals surface area contributed by atoms with Gasteiger partial charge in [0.2, 0.25) is 0 Å². The average molecular weight is 352 g/mol. The zero-order valence-corrected chi connectivity index (χ0v) is 14.8. The highest BCUT2D eigenvalue weighted by molar-refractivity contribution is 7.92. The lowest BCUT2D eigenvalue weighted by molar-refractivity contribution is 0.601. The number of hydrogen-bond acceptors (Lipinski definition) is 3. The Labute approximate surface area is 148 Å². The molecule has 0 amide bonds. The third-order valence-corrected chi connectivity index (χ3v) is 5.39. The van der Waals surface area contributed by atoms with Gasteiger partial charge in [0.05, 0.1) is 4.90 Å². The van der Waals surface area contributed by atoms with Crippen LogP contribution in [-0.4, -0.2) is 13.4 Å². The molecular formula is C20H20N2O2S. The van der Waals surface area contributed by atoms with E-state index < -0.39 is 10.0 Å². The van der Waals surface area contributed by atoms with Crippen LogP contribution >= 0.6 is 0 Å². The van der Waals surface area contributed by atoms with Gasteiger partial charge in [-0.05, 0) is 67.3 Å². The molecule has 0 unspecified atom stereocenters. The van der Waals surface area contributed by atoms with Gasteiger partial charge in [0.15, 0.2) is 0 Å². The van der Waals surface area contributed by atoms with E-state index in [0.717, 1.165) is 24.0 Å². The van der Waals surface area contributed by atoms with E-state index in [4.69, 9.17) is 0 Å². The molecule has 0 radical (unpaired) electrons. The lowest BCUT2D eigenvalue weighted by Gasteiger charge is -2.09.